The van der Waals surface area contributed by atoms with Crippen LogP contribution in [0.4, 0.5) is 13.2 Å². The molecule has 3 nitrogen and oxygen atoms in total. The van der Waals surface area contributed by atoms with Crippen LogP contribution in [0.25, 0.3) is 10.6 Å². The van der Waals surface area contributed by atoms with Crippen molar-refractivity contribution in [2.45, 2.75) is 12.7 Å². The van der Waals surface area contributed by atoms with E-state index in [1.54, 1.807) is 13.1 Å². The summed E-state index contributed by atoms with van der Waals surface area (Å²) in [7, 11) is 1.77. The largest absolute Gasteiger partial charge is 0.416 e. The Labute approximate surface area is 106 Å². The maximum atomic E-state index is 12.6. The molecule has 7 heteroatoms. The van der Waals surface area contributed by atoms with E-state index in [1.165, 1.54) is 17.4 Å². The maximum Gasteiger partial charge on any atom is 0.416 e. The minimum Gasteiger partial charge on any atom is -0.313 e. The summed E-state index contributed by atoms with van der Waals surface area (Å²) < 4.78 is 37.7. The summed E-state index contributed by atoms with van der Waals surface area (Å²) in [6, 6.07) is 5.10. The molecule has 1 aromatic carbocycles. The lowest BCUT2D eigenvalue weighted by Gasteiger charge is -2.06. The van der Waals surface area contributed by atoms with Crippen LogP contribution in [0.15, 0.2) is 24.3 Å². The van der Waals surface area contributed by atoms with Gasteiger partial charge in [-0.25, -0.2) is 0 Å². The summed E-state index contributed by atoms with van der Waals surface area (Å²) >= 11 is 1.28. The van der Waals surface area contributed by atoms with Gasteiger partial charge in [0.2, 0.25) is 0 Å². The molecule has 1 aromatic heterocycles. The Balaban J connectivity index is 2.32. The zero-order chi connectivity index (χ0) is 13.2. The number of hydrogen-bond acceptors (Lipinski definition) is 4. The summed E-state index contributed by atoms with van der Waals surface area (Å²) in [6.07, 6.45) is -4.34. The number of benzene rings is 1. The lowest BCUT2D eigenvalue weighted by atomic mass is 10.1. The Morgan fingerprint density at radius 3 is 2.72 bits per heavy atom. The van der Waals surface area contributed by atoms with Gasteiger partial charge in [0, 0.05) is 12.1 Å². The smallest absolute Gasteiger partial charge is 0.313 e. The normalized spacial score (nSPS) is 11.8. The predicted octanol–water partition coefficient (Wildman–Crippen LogP) is 2.94. The van der Waals surface area contributed by atoms with Crippen molar-refractivity contribution in [1.82, 2.24) is 15.5 Å². The highest BCUT2D eigenvalue weighted by Crippen LogP contribution is 2.32. The van der Waals surface area contributed by atoms with E-state index >= 15 is 0 Å². The molecule has 0 spiro atoms. The second kappa shape index (κ2) is 5.03. The molecule has 0 fully saturated rings. The molecule has 0 aliphatic heterocycles. The third kappa shape index (κ3) is 2.85. The fourth-order valence-electron chi connectivity index (χ4n) is 1.42. The fraction of sp³-hybridized carbons (Fsp3) is 0.273. The first-order valence-corrected chi connectivity index (χ1v) is 5.97. The molecule has 1 N–H and O–H groups in total. The van der Waals surface area contributed by atoms with Crippen molar-refractivity contribution in [3.8, 4) is 10.6 Å². The third-order valence-corrected chi connectivity index (χ3v) is 3.20. The van der Waals surface area contributed by atoms with Gasteiger partial charge in [-0.3, -0.25) is 0 Å². The highest BCUT2D eigenvalue weighted by molar-refractivity contribution is 7.14. The van der Waals surface area contributed by atoms with E-state index < -0.39 is 11.7 Å². The van der Waals surface area contributed by atoms with Gasteiger partial charge in [-0.05, 0) is 19.2 Å². The number of alkyl halides is 3. The van der Waals surface area contributed by atoms with E-state index in [-0.39, 0.29) is 0 Å². The zero-order valence-electron chi connectivity index (χ0n) is 9.45. The third-order valence-electron chi connectivity index (χ3n) is 2.23. The van der Waals surface area contributed by atoms with E-state index in [9.17, 15) is 13.2 Å². The number of rotatable bonds is 3. The van der Waals surface area contributed by atoms with Crippen LogP contribution in [0.1, 0.15) is 10.6 Å². The Kier molecular flexibility index (Phi) is 3.63. The van der Waals surface area contributed by atoms with E-state index in [2.05, 4.69) is 15.5 Å². The van der Waals surface area contributed by atoms with Crippen LogP contribution in [0, 0.1) is 0 Å². The Hall–Kier alpha value is -1.47. The second-order valence-corrected chi connectivity index (χ2v) is 4.67. The van der Waals surface area contributed by atoms with Crippen molar-refractivity contribution in [3.63, 3.8) is 0 Å². The van der Waals surface area contributed by atoms with Gasteiger partial charge in [0.25, 0.3) is 0 Å². The van der Waals surface area contributed by atoms with Crippen LogP contribution < -0.4 is 5.32 Å². The van der Waals surface area contributed by atoms with E-state index in [0.717, 1.165) is 17.1 Å². The Bertz CT molecular complexity index is 536. The molecule has 2 rings (SSSR count). The summed E-state index contributed by atoms with van der Waals surface area (Å²) in [6.45, 7) is 0.552. The molecule has 0 aliphatic carbocycles. The molecule has 0 unspecified atom stereocenters. The van der Waals surface area contributed by atoms with Crippen LogP contribution in [0.2, 0.25) is 0 Å². The molecular formula is C11H10F3N3S. The van der Waals surface area contributed by atoms with Gasteiger partial charge in [-0.1, -0.05) is 23.5 Å². The molecule has 2 aromatic rings. The standard InChI is InChI=1S/C11H10F3N3S/c1-15-6-9-16-17-10(18-9)7-3-2-4-8(5-7)11(12,13)14/h2-5,15H,6H2,1H3. The first-order chi connectivity index (χ1) is 8.50. The number of nitrogens with zero attached hydrogens (tertiary/aromatic N) is 2. The number of aromatic nitrogens is 2. The number of nitrogens with one attached hydrogen (secondary N) is 1. The van der Waals surface area contributed by atoms with Crippen molar-refractivity contribution in [2.75, 3.05) is 7.05 Å². The monoisotopic (exact) mass is 273 g/mol. The van der Waals surface area contributed by atoms with Crippen LogP contribution in [-0.2, 0) is 12.7 Å². The molecule has 0 radical (unpaired) electrons. The highest BCUT2D eigenvalue weighted by Gasteiger charge is 2.30. The van der Waals surface area contributed by atoms with Crippen molar-refractivity contribution in [3.05, 3.63) is 34.8 Å². The van der Waals surface area contributed by atoms with Gasteiger partial charge in [0.05, 0.1) is 5.56 Å². The predicted molar refractivity (Wildman–Crippen MR) is 63.1 cm³/mol. The summed E-state index contributed by atoms with van der Waals surface area (Å²) in [5, 5.41) is 11.9. The molecule has 0 saturated heterocycles. The lowest BCUT2D eigenvalue weighted by Crippen LogP contribution is -2.04. The summed E-state index contributed by atoms with van der Waals surface area (Å²) in [5.74, 6) is 0. The van der Waals surface area contributed by atoms with E-state index in [1.807, 2.05) is 0 Å². The molecule has 0 atom stereocenters. The molecule has 1 heterocycles. The minimum atomic E-state index is -4.34. The van der Waals surface area contributed by atoms with Crippen LogP contribution >= 0.6 is 11.3 Å². The van der Waals surface area contributed by atoms with Gasteiger partial charge in [-0.15, -0.1) is 10.2 Å². The van der Waals surface area contributed by atoms with Crippen molar-refractivity contribution >= 4 is 11.3 Å². The van der Waals surface area contributed by atoms with Crippen molar-refractivity contribution in [1.29, 1.82) is 0 Å². The fourth-order valence-corrected chi connectivity index (χ4v) is 2.27. The Morgan fingerprint density at radius 1 is 1.28 bits per heavy atom. The van der Waals surface area contributed by atoms with Gasteiger partial charge < -0.3 is 5.32 Å². The highest BCUT2D eigenvalue weighted by atomic mass is 32.1. The van der Waals surface area contributed by atoms with Gasteiger partial charge in [-0.2, -0.15) is 13.2 Å². The van der Waals surface area contributed by atoms with Gasteiger partial charge >= 0.3 is 6.18 Å². The van der Waals surface area contributed by atoms with Crippen LogP contribution in [0.3, 0.4) is 0 Å². The average Bonchev–Trinajstić information content (AvgIpc) is 2.77. The molecular weight excluding hydrogens is 263 g/mol. The molecule has 18 heavy (non-hydrogen) atoms. The number of hydrogen-bond donors (Lipinski definition) is 1. The van der Waals surface area contributed by atoms with E-state index in [4.69, 9.17) is 0 Å². The SMILES string of the molecule is CNCc1nnc(-c2cccc(C(F)(F)F)c2)s1. The molecule has 0 aliphatic rings. The average molecular weight is 273 g/mol. The second-order valence-electron chi connectivity index (χ2n) is 3.61. The van der Waals surface area contributed by atoms with E-state index in [0.29, 0.717) is 17.1 Å². The summed E-state index contributed by atoms with van der Waals surface area (Å²) in [4.78, 5) is 0. The molecule has 0 amide bonds. The maximum absolute atomic E-state index is 12.6. The van der Waals surface area contributed by atoms with Crippen LogP contribution in [-0.4, -0.2) is 17.2 Å². The van der Waals surface area contributed by atoms with Gasteiger partial charge in [0.15, 0.2) is 0 Å². The van der Waals surface area contributed by atoms with Crippen molar-refractivity contribution in [2.24, 2.45) is 0 Å². The summed E-state index contributed by atoms with van der Waals surface area (Å²) in [5.41, 5.74) is -0.241. The molecule has 0 bridgehead atoms. The topological polar surface area (TPSA) is 37.8 Å². The number of halogens is 3. The first-order valence-electron chi connectivity index (χ1n) is 5.15. The minimum absolute atomic E-state index is 0.435. The van der Waals surface area contributed by atoms with Gasteiger partial charge in [0.1, 0.15) is 10.0 Å². The lowest BCUT2D eigenvalue weighted by molar-refractivity contribution is -0.137. The molecule has 96 valence electrons. The Morgan fingerprint density at radius 2 is 2.06 bits per heavy atom. The van der Waals surface area contributed by atoms with Crippen LogP contribution in [0.5, 0.6) is 0 Å². The first kappa shape index (κ1) is 13.0. The molecule has 0 saturated carbocycles. The van der Waals surface area contributed by atoms with Crippen molar-refractivity contribution < 1.29 is 13.2 Å². The quantitative estimate of drug-likeness (QED) is 0.934. The zero-order valence-corrected chi connectivity index (χ0v) is 10.3.